The summed E-state index contributed by atoms with van der Waals surface area (Å²) in [6.45, 7) is 2.07. The van der Waals surface area contributed by atoms with Crippen LogP contribution in [0.3, 0.4) is 0 Å². The van der Waals surface area contributed by atoms with Gasteiger partial charge in [0, 0.05) is 18.3 Å². The molecule has 1 N–H and O–H groups in total. The highest BCUT2D eigenvalue weighted by atomic mass is 16.5. The molecule has 0 fully saturated rings. The van der Waals surface area contributed by atoms with Crippen molar-refractivity contribution in [2.75, 3.05) is 0 Å². The maximum absolute atomic E-state index is 12.4. The summed E-state index contributed by atoms with van der Waals surface area (Å²) in [5, 5.41) is 6.63. The lowest BCUT2D eigenvalue weighted by atomic mass is 10.1. The first-order chi connectivity index (χ1) is 11.6. The number of rotatable bonds is 5. The van der Waals surface area contributed by atoms with E-state index in [9.17, 15) is 9.59 Å². The van der Waals surface area contributed by atoms with Crippen molar-refractivity contribution in [1.82, 2.24) is 15.0 Å². The Labute approximate surface area is 138 Å². The van der Waals surface area contributed by atoms with Crippen molar-refractivity contribution >= 4 is 5.91 Å². The minimum Gasteiger partial charge on any atom is -0.351 e. The zero-order valence-electron chi connectivity index (χ0n) is 13.2. The van der Waals surface area contributed by atoms with Crippen molar-refractivity contribution in [3.63, 3.8) is 0 Å². The summed E-state index contributed by atoms with van der Waals surface area (Å²) >= 11 is 0. The monoisotopic (exact) mass is 323 g/mol. The molecule has 0 unspecified atom stereocenters. The first kappa shape index (κ1) is 15.7. The van der Waals surface area contributed by atoms with Crippen molar-refractivity contribution in [2.45, 2.75) is 19.5 Å². The van der Waals surface area contributed by atoms with Gasteiger partial charge >= 0.3 is 0 Å². The van der Waals surface area contributed by atoms with E-state index >= 15 is 0 Å². The molecule has 0 saturated heterocycles. The number of amides is 1. The van der Waals surface area contributed by atoms with Crippen LogP contribution in [-0.4, -0.2) is 15.6 Å². The maximum atomic E-state index is 12.4. The molecule has 0 aliphatic heterocycles. The Kier molecular flexibility index (Phi) is 4.56. The molecule has 1 atom stereocenters. The number of carbonyl (C=O) groups excluding carboxylic acids is 1. The van der Waals surface area contributed by atoms with Gasteiger partial charge in [0.05, 0.1) is 18.3 Å². The van der Waals surface area contributed by atoms with Crippen LogP contribution in [0.25, 0.3) is 0 Å². The SMILES string of the molecule is Cc1cc(C(=O)N[C@H](Cn2ccccc2=O)c2ccccc2)on1. The second-order valence-corrected chi connectivity index (χ2v) is 5.46. The molecular formula is C18H17N3O3. The molecule has 2 aromatic heterocycles. The lowest BCUT2D eigenvalue weighted by molar-refractivity contribution is 0.0895. The van der Waals surface area contributed by atoms with E-state index in [4.69, 9.17) is 4.52 Å². The fraction of sp³-hybridized carbons (Fsp3) is 0.167. The highest BCUT2D eigenvalue weighted by molar-refractivity contribution is 5.91. The summed E-state index contributed by atoms with van der Waals surface area (Å²) in [5.41, 5.74) is 1.41. The number of benzene rings is 1. The highest BCUT2D eigenvalue weighted by Crippen LogP contribution is 2.15. The first-order valence-corrected chi connectivity index (χ1v) is 7.58. The summed E-state index contributed by atoms with van der Waals surface area (Å²) < 4.78 is 6.57. The molecule has 3 aromatic rings. The van der Waals surface area contributed by atoms with E-state index in [2.05, 4.69) is 10.5 Å². The Bertz CT molecular complexity index is 884. The summed E-state index contributed by atoms with van der Waals surface area (Å²) in [5.74, 6) is -0.220. The van der Waals surface area contributed by atoms with Crippen molar-refractivity contribution in [2.24, 2.45) is 0 Å². The topological polar surface area (TPSA) is 77.1 Å². The van der Waals surface area contributed by atoms with Crippen LogP contribution >= 0.6 is 0 Å². The van der Waals surface area contributed by atoms with Crippen molar-refractivity contribution in [1.29, 1.82) is 0 Å². The number of aryl methyl sites for hydroxylation is 1. The van der Waals surface area contributed by atoms with Crippen LogP contribution in [0.1, 0.15) is 27.9 Å². The Hall–Kier alpha value is -3.15. The molecule has 0 saturated carbocycles. The maximum Gasteiger partial charge on any atom is 0.290 e. The van der Waals surface area contributed by atoms with Crippen LogP contribution in [-0.2, 0) is 6.54 Å². The lowest BCUT2D eigenvalue weighted by Gasteiger charge is -2.19. The molecule has 1 amide bonds. The Morgan fingerprint density at radius 2 is 1.96 bits per heavy atom. The number of aromatic nitrogens is 2. The predicted octanol–water partition coefficient (Wildman–Crippen LogP) is 2.32. The van der Waals surface area contributed by atoms with E-state index in [1.165, 1.54) is 6.07 Å². The van der Waals surface area contributed by atoms with Gasteiger partial charge in [-0.05, 0) is 18.6 Å². The minimum atomic E-state index is -0.371. The number of pyridine rings is 1. The Morgan fingerprint density at radius 1 is 1.21 bits per heavy atom. The largest absolute Gasteiger partial charge is 0.351 e. The number of nitrogens with zero attached hydrogens (tertiary/aromatic N) is 2. The molecule has 3 rings (SSSR count). The third-order valence-electron chi connectivity index (χ3n) is 3.64. The zero-order valence-corrected chi connectivity index (χ0v) is 13.2. The van der Waals surface area contributed by atoms with Crippen LogP contribution in [0.2, 0.25) is 0 Å². The molecule has 0 aliphatic carbocycles. The molecular weight excluding hydrogens is 306 g/mol. The van der Waals surface area contributed by atoms with Crippen LogP contribution in [0, 0.1) is 6.92 Å². The van der Waals surface area contributed by atoms with Crippen LogP contribution in [0.15, 0.2) is 70.1 Å². The molecule has 122 valence electrons. The zero-order chi connectivity index (χ0) is 16.9. The minimum absolute atomic E-state index is 0.122. The van der Waals surface area contributed by atoms with Gasteiger partial charge in [-0.1, -0.05) is 41.6 Å². The summed E-state index contributed by atoms with van der Waals surface area (Å²) in [4.78, 5) is 24.4. The Balaban J connectivity index is 1.87. The van der Waals surface area contributed by atoms with E-state index in [1.807, 2.05) is 30.3 Å². The summed E-state index contributed by atoms with van der Waals surface area (Å²) in [6, 6.07) is 15.7. The van der Waals surface area contributed by atoms with E-state index in [0.717, 1.165) is 5.56 Å². The lowest BCUT2D eigenvalue weighted by Crippen LogP contribution is -2.33. The number of hydrogen-bond acceptors (Lipinski definition) is 4. The van der Waals surface area contributed by atoms with Crippen molar-refractivity contribution in [3.05, 3.63) is 88.2 Å². The standard InChI is InChI=1S/C18H17N3O3/c1-13-11-16(24-20-13)18(23)19-15(14-7-3-2-4-8-14)12-21-10-6-5-9-17(21)22/h2-11,15H,12H2,1H3,(H,19,23)/t15-/m1/s1. The second-order valence-electron chi connectivity index (χ2n) is 5.46. The predicted molar refractivity (Wildman–Crippen MR) is 88.6 cm³/mol. The molecule has 6 heteroatoms. The van der Waals surface area contributed by atoms with Gasteiger partial charge in [0.15, 0.2) is 0 Å². The van der Waals surface area contributed by atoms with E-state index < -0.39 is 0 Å². The van der Waals surface area contributed by atoms with Gasteiger partial charge in [-0.2, -0.15) is 0 Å². The third kappa shape index (κ3) is 3.60. The fourth-order valence-corrected chi connectivity index (χ4v) is 2.43. The number of carbonyl (C=O) groups is 1. The number of hydrogen-bond donors (Lipinski definition) is 1. The quantitative estimate of drug-likeness (QED) is 0.781. The van der Waals surface area contributed by atoms with Gasteiger partial charge in [-0.3, -0.25) is 9.59 Å². The van der Waals surface area contributed by atoms with Gasteiger partial charge in [0.25, 0.3) is 11.5 Å². The summed E-state index contributed by atoms with van der Waals surface area (Å²) in [6.07, 6.45) is 1.70. The van der Waals surface area contributed by atoms with E-state index in [0.29, 0.717) is 12.2 Å². The smallest absolute Gasteiger partial charge is 0.290 e. The van der Waals surface area contributed by atoms with Gasteiger partial charge in [-0.15, -0.1) is 0 Å². The van der Waals surface area contributed by atoms with Crippen LogP contribution in [0.4, 0.5) is 0 Å². The number of nitrogens with one attached hydrogen (secondary N) is 1. The summed E-state index contributed by atoms with van der Waals surface area (Å²) in [7, 11) is 0. The van der Waals surface area contributed by atoms with Crippen LogP contribution < -0.4 is 10.9 Å². The van der Waals surface area contributed by atoms with Gasteiger partial charge in [-0.25, -0.2) is 0 Å². The second kappa shape index (κ2) is 6.95. The molecule has 24 heavy (non-hydrogen) atoms. The molecule has 0 bridgehead atoms. The molecule has 0 aliphatic rings. The molecule has 1 aromatic carbocycles. The average Bonchev–Trinajstić information content (AvgIpc) is 3.03. The normalized spacial score (nSPS) is 11.9. The van der Waals surface area contributed by atoms with Gasteiger partial charge in [0.2, 0.25) is 5.76 Å². The molecule has 0 radical (unpaired) electrons. The van der Waals surface area contributed by atoms with Gasteiger partial charge < -0.3 is 14.4 Å². The Morgan fingerprint density at radius 3 is 2.62 bits per heavy atom. The first-order valence-electron chi connectivity index (χ1n) is 7.58. The molecule has 6 nitrogen and oxygen atoms in total. The van der Waals surface area contributed by atoms with E-state index in [1.54, 1.807) is 35.9 Å². The molecule has 0 spiro atoms. The highest BCUT2D eigenvalue weighted by Gasteiger charge is 2.19. The average molecular weight is 323 g/mol. The van der Waals surface area contributed by atoms with Crippen molar-refractivity contribution < 1.29 is 9.32 Å². The van der Waals surface area contributed by atoms with Gasteiger partial charge in [0.1, 0.15) is 0 Å². The fourth-order valence-electron chi connectivity index (χ4n) is 2.43. The third-order valence-corrected chi connectivity index (χ3v) is 3.64. The molecule has 2 heterocycles. The van der Waals surface area contributed by atoms with Crippen molar-refractivity contribution in [3.8, 4) is 0 Å². The van der Waals surface area contributed by atoms with E-state index in [-0.39, 0.29) is 23.3 Å². The van der Waals surface area contributed by atoms with Crippen LogP contribution in [0.5, 0.6) is 0 Å².